The van der Waals surface area contributed by atoms with E-state index in [-0.39, 0.29) is 12.5 Å². The molecule has 18 heavy (non-hydrogen) atoms. The van der Waals surface area contributed by atoms with Crippen LogP contribution in [0.3, 0.4) is 0 Å². The van der Waals surface area contributed by atoms with Crippen LogP contribution in [0.15, 0.2) is 24.3 Å². The first kappa shape index (κ1) is 14.8. The standard InChI is InChI=1S/C13H18ClNO3/c1-2-11(13(17)15-8-5-9-16)18-12-7-4-3-6-10(12)14/h3-4,6-7,11,16H,2,5,8-9H2,1H3,(H,15,17). The van der Waals surface area contributed by atoms with Gasteiger partial charge in [0.15, 0.2) is 6.10 Å². The average molecular weight is 272 g/mol. The number of aliphatic hydroxyl groups is 1. The first-order chi connectivity index (χ1) is 8.69. The second-order valence-corrected chi connectivity index (χ2v) is 4.22. The molecule has 1 aromatic carbocycles. The molecule has 0 heterocycles. The molecule has 100 valence electrons. The molecule has 0 aliphatic rings. The van der Waals surface area contributed by atoms with Crippen molar-refractivity contribution in [2.75, 3.05) is 13.2 Å². The summed E-state index contributed by atoms with van der Waals surface area (Å²) in [4.78, 5) is 11.8. The van der Waals surface area contributed by atoms with Gasteiger partial charge in [-0.2, -0.15) is 0 Å². The summed E-state index contributed by atoms with van der Waals surface area (Å²) in [5.41, 5.74) is 0. The summed E-state index contributed by atoms with van der Waals surface area (Å²) >= 11 is 5.97. The van der Waals surface area contributed by atoms with Crippen LogP contribution in [0.5, 0.6) is 5.75 Å². The van der Waals surface area contributed by atoms with Crippen LogP contribution in [0.25, 0.3) is 0 Å². The van der Waals surface area contributed by atoms with E-state index in [1.807, 2.05) is 6.92 Å². The van der Waals surface area contributed by atoms with Crippen LogP contribution in [0.1, 0.15) is 19.8 Å². The van der Waals surface area contributed by atoms with Crippen molar-refractivity contribution in [1.29, 1.82) is 0 Å². The Balaban J connectivity index is 2.56. The smallest absolute Gasteiger partial charge is 0.261 e. The van der Waals surface area contributed by atoms with Crippen LogP contribution >= 0.6 is 11.6 Å². The third-order valence-electron chi connectivity index (χ3n) is 2.40. The molecule has 4 nitrogen and oxygen atoms in total. The summed E-state index contributed by atoms with van der Waals surface area (Å²) in [5, 5.41) is 11.8. The third-order valence-corrected chi connectivity index (χ3v) is 2.72. The summed E-state index contributed by atoms with van der Waals surface area (Å²) in [7, 11) is 0. The molecule has 1 unspecified atom stereocenters. The molecular formula is C13H18ClNO3. The third kappa shape index (κ3) is 4.55. The van der Waals surface area contributed by atoms with E-state index in [0.717, 1.165) is 0 Å². The van der Waals surface area contributed by atoms with Crippen LogP contribution in [-0.2, 0) is 4.79 Å². The Morgan fingerprint density at radius 3 is 2.83 bits per heavy atom. The lowest BCUT2D eigenvalue weighted by Crippen LogP contribution is -2.38. The van der Waals surface area contributed by atoms with E-state index in [1.54, 1.807) is 24.3 Å². The van der Waals surface area contributed by atoms with E-state index in [0.29, 0.717) is 30.2 Å². The van der Waals surface area contributed by atoms with Crippen LogP contribution in [0, 0.1) is 0 Å². The molecule has 0 spiro atoms. The second kappa shape index (κ2) is 7.95. The molecule has 0 saturated heterocycles. The van der Waals surface area contributed by atoms with Gasteiger partial charge in [0.1, 0.15) is 5.75 Å². The quantitative estimate of drug-likeness (QED) is 0.746. The highest BCUT2D eigenvalue weighted by molar-refractivity contribution is 6.32. The fourth-order valence-electron chi connectivity index (χ4n) is 1.42. The number of amides is 1. The Bertz CT molecular complexity index is 384. The molecule has 1 amide bonds. The number of hydrogen-bond donors (Lipinski definition) is 2. The molecule has 0 aliphatic carbocycles. The highest BCUT2D eigenvalue weighted by Crippen LogP contribution is 2.24. The van der Waals surface area contributed by atoms with Gasteiger partial charge in [0.05, 0.1) is 5.02 Å². The molecule has 1 atom stereocenters. The van der Waals surface area contributed by atoms with Gasteiger partial charge in [0.25, 0.3) is 5.91 Å². The second-order valence-electron chi connectivity index (χ2n) is 3.81. The number of hydrogen-bond acceptors (Lipinski definition) is 3. The molecule has 0 fully saturated rings. The number of nitrogens with one attached hydrogen (secondary N) is 1. The van der Waals surface area contributed by atoms with E-state index in [1.165, 1.54) is 0 Å². The topological polar surface area (TPSA) is 58.6 Å². The maximum absolute atomic E-state index is 11.8. The predicted octanol–water partition coefficient (Wildman–Crippen LogP) is 2.00. The Kier molecular flexibility index (Phi) is 6.54. The van der Waals surface area contributed by atoms with Crippen molar-refractivity contribution in [3.63, 3.8) is 0 Å². The summed E-state index contributed by atoms with van der Waals surface area (Å²) in [6.07, 6.45) is 0.522. The van der Waals surface area contributed by atoms with E-state index >= 15 is 0 Å². The minimum Gasteiger partial charge on any atom is -0.479 e. The Hall–Kier alpha value is -1.26. The van der Waals surface area contributed by atoms with Gasteiger partial charge in [-0.1, -0.05) is 30.7 Å². The van der Waals surface area contributed by atoms with E-state index < -0.39 is 6.10 Å². The number of rotatable bonds is 7. The molecule has 2 N–H and O–H groups in total. The minimum absolute atomic E-state index is 0.0580. The molecule has 0 aliphatic heterocycles. The molecule has 1 rings (SSSR count). The Morgan fingerprint density at radius 1 is 1.50 bits per heavy atom. The zero-order valence-electron chi connectivity index (χ0n) is 10.4. The van der Waals surface area contributed by atoms with Crippen molar-refractivity contribution >= 4 is 17.5 Å². The van der Waals surface area contributed by atoms with Crippen LogP contribution in [-0.4, -0.2) is 30.3 Å². The monoisotopic (exact) mass is 271 g/mol. The van der Waals surface area contributed by atoms with E-state index in [9.17, 15) is 4.79 Å². The normalized spacial score (nSPS) is 11.9. The van der Waals surface area contributed by atoms with Crippen molar-refractivity contribution in [2.45, 2.75) is 25.9 Å². The van der Waals surface area contributed by atoms with Crippen molar-refractivity contribution in [3.8, 4) is 5.75 Å². The largest absolute Gasteiger partial charge is 0.479 e. The fraction of sp³-hybridized carbons (Fsp3) is 0.462. The number of ether oxygens (including phenoxy) is 1. The lowest BCUT2D eigenvalue weighted by atomic mass is 10.2. The minimum atomic E-state index is -0.566. The van der Waals surface area contributed by atoms with Gasteiger partial charge in [-0.3, -0.25) is 4.79 Å². The van der Waals surface area contributed by atoms with Gasteiger partial charge >= 0.3 is 0 Å². The maximum Gasteiger partial charge on any atom is 0.261 e. The number of carbonyl (C=O) groups is 1. The molecule has 1 aromatic rings. The lowest BCUT2D eigenvalue weighted by molar-refractivity contribution is -0.128. The van der Waals surface area contributed by atoms with Gasteiger partial charge in [-0.25, -0.2) is 0 Å². The number of aliphatic hydroxyl groups excluding tert-OH is 1. The summed E-state index contributed by atoms with van der Waals surface area (Å²) in [6, 6.07) is 7.05. The van der Waals surface area contributed by atoms with Gasteiger partial charge in [-0.05, 0) is 25.0 Å². The van der Waals surface area contributed by atoms with Gasteiger partial charge in [0, 0.05) is 13.2 Å². The number of halogens is 1. The SMILES string of the molecule is CCC(Oc1ccccc1Cl)C(=O)NCCCO. The Morgan fingerprint density at radius 2 is 2.22 bits per heavy atom. The maximum atomic E-state index is 11.8. The highest BCUT2D eigenvalue weighted by Gasteiger charge is 2.18. The van der Waals surface area contributed by atoms with Crippen molar-refractivity contribution in [1.82, 2.24) is 5.32 Å². The summed E-state index contributed by atoms with van der Waals surface area (Å²) in [5.74, 6) is 0.314. The Labute approximate surface area is 112 Å². The van der Waals surface area contributed by atoms with Crippen molar-refractivity contribution in [3.05, 3.63) is 29.3 Å². The summed E-state index contributed by atoms with van der Waals surface area (Å²) < 4.78 is 5.58. The average Bonchev–Trinajstić information content (AvgIpc) is 2.38. The van der Waals surface area contributed by atoms with Crippen molar-refractivity contribution in [2.24, 2.45) is 0 Å². The van der Waals surface area contributed by atoms with Gasteiger partial charge in [-0.15, -0.1) is 0 Å². The number of carbonyl (C=O) groups excluding carboxylic acids is 1. The lowest BCUT2D eigenvalue weighted by Gasteiger charge is -2.17. The number of para-hydroxylation sites is 1. The fourth-order valence-corrected chi connectivity index (χ4v) is 1.60. The van der Waals surface area contributed by atoms with E-state index in [4.69, 9.17) is 21.4 Å². The molecular weight excluding hydrogens is 254 g/mol. The molecule has 0 bridgehead atoms. The molecule has 0 aromatic heterocycles. The van der Waals surface area contributed by atoms with Crippen molar-refractivity contribution < 1.29 is 14.6 Å². The summed E-state index contributed by atoms with van der Waals surface area (Å²) in [6.45, 7) is 2.37. The van der Waals surface area contributed by atoms with Crippen LogP contribution in [0.4, 0.5) is 0 Å². The number of benzene rings is 1. The zero-order chi connectivity index (χ0) is 13.4. The predicted molar refractivity (Wildman–Crippen MR) is 70.9 cm³/mol. The van der Waals surface area contributed by atoms with E-state index in [2.05, 4.69) is 5.32 Å². The molecule has 0 saturated carbocycles. The first-order valence-electron chi connectivity index (χ1n) is 5.98. The van der Waals surface area contributed by atoms with Gasteiger partial charge in [0.2, 0.25) is 0 Å². The molecule has 0 radical (unpaired) electrons. The first-order valence-corrected chi connectivity index (χ1v) is 6.36. The van der Waals surface area contributed by atoms with Crippen LogP contribution < -0.4 is 10.1 Å². The molecule has 5 heteroatoms. The zero-order valence-corrected chi connectivity index (χ0v) is 11.1. The highest BCUT2D eigenvalue weighted by atomic mass is 35.5. The van der Waals surface area contributed by atoms with Crippen LogP contribution in [0.2, 0.25) is 5.02 Å². The van der Waals surface area contributed by atoms with Gasteiger partial charge < -0.3 is 15.2 Å².